The van der Waals surface area contributed by atoms with Gasteiger partial charge in [-0.15, -0.1) is 0 Å². The number of piperazine rings is 1. The van der Waals surface area contributed by atoms with Gasteiger partial charge in [0.25, 0.3) is 0 Å². The van der Waals surface area contributed by atoms with Crippen molar-refractivity contribution < 1.29 is 19.1 Å². The Balaban J connectivity index is 1.55. The normalized spacial score (nSPS) is 22.7. The first kappa shape index (κ1) is 18.5. The lowest BCUT2D eigenvalue weighted by atomic mass is 10.2. The fourth-order valence-electron chi connectivity index (χ4n) is 3.40. The Kier molecular flexibility index (Phi) is 5.66. The number of likely N-dealkylation sites (N-methyl/N-ethyl adjacent to an activating group) is 1. The predicted octanol–water partition coefficient (Wildman–Crippen LogP) is 1.44. The molecule has 2 atom stereocenters. The second kappa shape index (κ2) is 7.95. The van der Waals surface area contributed by atoms with Gasteiger partial charge in [0.15, 0.2) is 0 Å². The molecule has 1 saturated carbocycles. The molecule has 0 spiro atoms. The first-order valence-corrected chi connectivity index (χ1v) is 9.11. The third-order valence-corrected chi connectivity index (χ3v) is 5.24. The minimum atomic E-state index is -0.251. The lowest BCUT2D eigenvalue weighted by Crippen LogP contribution is -2.49. The van der Waals surface area contributed by atoms with Gasteiger partial charge in [0.2, 0.25) is 11.8 Å². The fourth-order valence-corrected chi connectivity index (χ4v) is 3.40. The Morgan fingerprint density at radius 1 is 1.12 bits per heavy atom. The minimum Gasteiger partial charge on any atom is -0.497 e. The third kappa shape index (κ3) is 3.93. The van der Waals surface area contributed by atoms with Crippen LogP contribution in [0.25, 0.3) is 0 Å². The van der Waals surface area contributed by atoms with Crippen LogP contribution in [0.4, 0.5) is 5.69 Å². The van der Waals surface area contributed by atoms with Crippen molar-refractivity contribution in [1.29, 1.82) is 0 Å². The fraction of sp³-hybridized carbons (Fsp3) is 0.579. The second-order valence-electron chi connectivity index (χ2n) is 6.76. The number of carbonyl (C=O) groups excluding carboxylic acids is 2. The quantitative estimate of drug-likeness (QED) is 0.830. The van der Waals surface area contributed by atoms with Crippen molar-refractivity contribution in [2.45, 2.75) is 13.3 Å². The molecule has 7 heteroatoms. The molecule has 26 heavy (non-hydrogen) atoms. The summed E-state index contributed by atoms with van der Waals surface area (Å²) in [4.78, 5) is 29.4. The number of ether oxygens (including phenoxy) is 2. The van der Waals surface area contributed by atoms with Crippen molar-refractivity contribution in [3.8, 4) is 11.5 Å². The molecule has 1 aromatic carbocycles. The van der Waals surface area contributed by atoms with Gasteiger partial charge in [-0.25, -0.2) is 0 Å². The number of nitrogens with one attached hydrogen (secondary N) is 1. The monoisotopic (exact) mass is 361 g/mol. The molecule has 0 aromatic heterocycles. The van der Waals surface area contributed by atoms with Gasteiger partial charge >= 0.3 is 0 Å². The van der Waals surface area contributed by atoms with Crippen LogP contribution in [0.3, 0.4) is 0 Å². The van der Waals surface area contributed by atoms with E-state index < -0.39 is 0 Å². The summed E-state index contributed by atoms with van der Waals surface area (Å²) >= 11 is 0. The zero-order chi connectivity index (χ0) is 18.7. The smallest absolute Gasteiger partial charge is 0.228 e. The van der Waals surface area contributed by atoms with Gasteiger partial charge in [-0.1, -0.05) is 6.92 Å². The summed E-state index contributed by atoms with van der Waals surface area (Å²) < 4.78 is 10.5. The van der Waals surface area contributed by atoms with E-state index in [0.29, 0.717) is 23.6 Å². The summed E-state index contributed by atoms with van der Waals surface area (Å²) in [5, 5.41) is 2.88. The highest BCUT2D eigenvalue weighted by molar-refractivity contribution is 6.00. The molecule has 1 aromatic rings. The number of rotatable bonds is 6. The number of benzene rings is 1. The van der Waals surface area contributed by atoms with Crippen LogP contribution >= 0.6 is 0 Å². The van der Waals surface area contributed by atoms with E-state index in [-0.39, 0.29) is 23.7 Å². The second-order valence-corrected chi connectivity index (χ2v) is 6.76. The number of carbonyl (C=O) groups is 2. The van der Waals surface area contributed by atoms with Crippen LogP contribution in [0.5, 0.6) is 11.5 Å². The van der Waals surface area contributed by atoms with Crippen molar-refractivity contribution in [2.75, 3.05) is 52.3 Å². The standard InChI is InChI=1S/C19H27N3O4/c1-4-21-7-9-22(10-8-21)19(24)15-12-14(15)18(23)20-16-6-5-13(25-2)11-17(16)26-3/h5-6,11,14-15H,4,7-10,12H2,1-3H3,(H,20,23). The first-order valence-electron chi connectivity index (χ1n) is 9.11. The zero-order valence-corrected chi connectivity index (χ0v) is 15.7. The zero-order valence-electron chi connectivity index (χ0n) is 15.7. The lowest BCUT2D eigenvalue weighted by molar-refractivity contribution is -0.135. The molecule has 7 nitrogen and oxygen atoms in total. The molecule has 1 aliphatic heterocycles. The topological polar surface area (TPSA) is 71.1 Å². The number of anilines is 1. The summed E-state index contributed by atoms with van der Waals surface area (Å²) in [5.41, 5.74) is 0.591. The average Bonchev–Trinajstić information content (AvgIpc) is 3.48. The number of nitrogens with zero attached hydrogens (tertiary/aromatic N) is 2. The largest absolute Gasteiger partial charge is 0.497 e. The van der Waals surface area contributed by atoms with E-state index in [1.165, 1.54) is 0 Å². The van der Waals surface area contributed by atoms with Crippen molar-refractivity contribution in [3.63, 3.8) is 0 Å². The van der Waals surface area contributed by atoms with Crippen LogP contribution in [-0.2, 0) is 9.59 Å². The number of amides is 2. The molecule has 2 aliphatic rings. The van der Waals surface area contributed by atoms with Gasteiger partial charge in [-0.3, -0.25) is 9.59 Å². The molecule has 1 saturated heterocycles. The van der Waals surface area contributed by atoms with E-state index in [9.17, 15) is 9.59 Å². The van der Waals surface area contributed by atoms with Crippen LogP contribution in [-0.4, -0.2) is 68.6 Å². The Bertz CT molecular complexity index is 671. The van der Waals surface area contributed by atoms with Crippen LogP contribution in [0.15, 0.2) is 18.2 Å². The Labute approximate surface area is 154 Å². The molecule has 2 amide bonds. The molecule has 0 bridgehead atoms. The van der Waals surface area contributed by atoms with E-state index in [1.807, 2.05) is 4.90 Å². The third-order valence-electron chi connectivity index (χ3n) is 5.24. The molecular formula is C19H27N3O4. The Hall–Kier alpha value is -2.28. The van der Waals surface area contributed by atoms with Crippen molar-refractivity contribution >= 4 is 17.5 Å². The average molecular weight is 361 g/mol. The Morgan fingerprint density at radius 3 is 2.46 bits per heavy atom. The summed E-state index contributed by atoms with van der Waals surface area (Å²) in [6.45, 7) is 6.48. The first-order chi connectivity index (χ1) is 12.6. The van der Waals surface area contributed by atoms with E-state index in [0.717, 1.165) is 32.7 Å². The molecule has 1 aliphatic carbocycles. The van der Waals surface area contributed by atoms with Crippen LogP contribution in [0.2, 0.25) is 0 Å². The molecule has 1 heterocycles. The number of hydrogen-bond donors (Lipinski definition) is 1. The maximum atomic E-state index is 12.6. The highest BCUT2D eigenvalue weighted by atomic mass is 16.5. The summed E-state index contributed by atoms with van der Waals surface area (Å²) in [5.74, 6) is 0.745. The van der Waals surface area contributed by atoms with Gasteiger partial charge < -0.3 is 24.6 Å². The van der Waals surface area contributed by atoms with Crippen molar-refractivity contribution in [2.24, 2.45) is 11.8 Å². The summed E-state index contributed by atoms with van der Waals surface area (Å²) in [6, 6.07) is 5.23. The molecule has 2 unspecified atom stereocenters. The van der Waals surface area contributed by atoms with Gasteiger partial charge in [-0.2, -0.15) is 0 Å². The summed E-state index contributed by atoms with van der Waals surface area (Å²) in [7, 11) is 3.12. The summed E-state index contributed by atoms with van der Waals surface area (Å²) in [6.07, 6.45) is 0.622. The molecule has 2 fully saturated rings. The van der Waals surface area contributed by atoms with E-state index in [1.54, 1.807) is 32.4 Å². The van der Waals surface area contributed by atoms with E-state index >= 15 is 0 Å². The number of hydrogen-bond acceptors (Lipinski definition) is 5. The lowest BCUT2D eigenvalue weighted by Gasteiger charge is -2.34. The maximum absolute atomic E-state index is 12.6. The molecule has 1 N–H and O–H groups in total. The molecule has 3 rings (SSSR count). The molecular weight excluding hydrogens is 334 g/mol. The Morgan fingerprint density at radius 2 is 1.85 bits per heavy atom. The predicted molar refractivity (Wildman–Crippen MR) is 98.5 cm³/mol. The van der Waals surface area contributed by atoms with Crippen molar-refractivity contribution in [1.82, 2.24) is 9.80 Å². The van der Waals surface area contributed by atoms with Crippen molar-refractivity contribution in [3.05, 3.63) is 18.2 Å². The highest BCUT2D eigenvalue weighted by Gasteiger charge is 2.49. The molecule has 142 valence electrons. The number of methoxy groups -OCH3 is 2. The van der Waals surface area contributed by atoms with Crippen LogP contribution in [0, 0.1) is 11.8 Å². The highest BCUT2D eigenvalue weighted by Crippen LogP contribution is 2.41. The van der Waals surface area contributed by atoms with Gasteiger partial charge in [0, 0.05) is 32.2 Å². The molecule has 0 radical (unpaired) electrons. The van der Waals surface area contributed by atoms with Crippen LogP contribution in [0.1, 0.15) is 13.3 Å². The minimum absolute atomic E-state index is 0.114. The van der Waals surface area contributed by atoms with E-state index in [4.69, 9.17) is 9.47 Å². The van der Waals surface area contributed by atoms with Crippen LogP contribution < -0.4 is 14.8 Å². The van der Waals surface area contributed by atoms with Gasteiger partial charge in [0.05, 0.1) is 31.7 Å². The SMILES string of the molecule is CCN1CCN(C(=O)C2CC2C(=O)Nc2ccc(OC)cc2OC)CC1. The van der Waals surface area contributed by atoms with E-state index in [2.05, 4.69) is 17.1 Å². The van der Waals surface area contributed by atoms with Gasteiger partial charge in [0.1, 0.15) is 11.5 Å². The maximum Gasteiger partial charge on any atom is 0.228 e. The van der Waals surface area contributed by atoms with Gasteiger partial charge in [-0.05, 0) is 25.1 Å².